The van der Waals surface area contributed by atoms with Gasteiger partial charge in [-0.05, 0) is 47.8 Å². The first-order chi connectivity index (χ1) is 7.29. The van der Waals surface area contributed by atoms with Crippen molar-refractivity contribution >= 4 is 71.3 Å². The van der Waals surface area contributed by atoms with Gasteiger partial charge < -0.3 is 10.2 Å². The topological polar surface area (TPSA) is 74.6 Å². The van der Waals surface area contributed by atoms with Crippen molar-refractivity contribution in [1.82, 2.24) is 0 Å². The van der Waals surface area contributed by atoms with Crippen molar-refractivity contribution in [1.29, 1.82) is 0 Å². The smallest absolute Gasteiger partial charge is 0.338 e. The summed E-state index contributed by atoms with van der Waals surface area (Å²) in [5.41, 5.74) is -0.858. The minimum Gasteiger partial charge on any atom is -0.478 e. The fraction of sp³-hybridized carbons (Fsp3) is 0. The van der Waals surface area contributed by atoms with Crippen molar-refractivity contribution in [2.45, 2.75) is 0 Å². The highest BCUT2D eigenvalue weighted by molar-refractivity contribution is 9.14. The molecule has 1 aromatic rings. The maximum absolute atomic E-state index is 11.0. The van der Waals surface area contributed by atoms with Crippen LogP contribution in [-0.4, -0.2) is 22.2 Å². The van der Waals surface area contributed by atoms with Crippen molar-refractivity contribution < 1.29 is 19.8 Å². The minimum atomic E-state index is -1.41. The molecular formula is C8H2Br3ClO4. The molecule has 0 unspecified atom stereocenters. The monoisotopic (exact) mass is 434 g/mol. The quantitative estimate of drug-likeness (QED) is 0.542. The first-order valence-corrected chi connectivity index (χ1v) is 6.37. The zero-order valence-corrected chi connectivity index (χ0v) is 12.7. The summed E-state index contributed by atoms with van der Waals surface area (Å²) >= 11 is 14.9. The molecule has 0 aliphatic carbocycles. The maximum Gasteiger partial charge on any atom is 0.338 e. The Bertz CT molecular complexity index is 456. The van der Waals surface area contributed by atoms with Gasteiger partial charge in [-0.2, -0.15) is 0 Å². The molecule has 16 heavy (non-hydrogen) atoms. The molecule has 0 spiro atoms. The number of benzene rings is 1. The Morgan fingerprint density at radius 1 is 0.875 bits per heavy atom. The Labute approximate surface area is 120 Å². The summed E-state index contributed by atoms with van der Waals surface area (Å²) < 4.78 is 0.747. The third-order valence-corrected chi connectivity index (χ3v) is 5.74. The number of hydrogen-bond donors (Lipinski definition) is 2. The molecule has 0 radical (unpaired) electrons. The number of hydrogen-bond acceptors (Lipinski definition) is 2. The molecule has 8 heteroatoms. The van der Waals surface area contributed by atoms with E-state index in [0.29, 0.717) is 4.47 Å². The molecule has 0 aliphatic rings. The van der Waals surface area contributed by atoms with Crippen LogP contribution in [0.4, 0.5) is 0 Å². The maximum atomic E-state index is 11.0. The fourth-order valence-electron chi connectivity index (χ4n) is 1.03. The fourth-order valence-corrected chi connectivity index (χ4v) is 3.04. The highest BCUT2D eigenvalue weighted by Crippen LogP contribution is 2.41. The van der Waals surface area contributed by atoms with E-state index in [4.69, 9.17) is 21.8 Å². The highest BCUT2D eigenvalue weighted by atomic mass is 79.9. The SMILES string of the molecule is O=C(O)c1c(Cl)c(Br)c(Br)c(Br)c1C(=O)O. The van der Waals surface area contributed by atoms with Crippen LogP contribution in [0.2, 0.25) is 5.02 Å². The largest absolute Gasteiger partial charge is 0.478 e. The van der Waals surface area contributed by atoms with E-state index >= 15 is 0 Å². The van der Waals surface area contributed by atoms with Crippen LogP contribution in [0.15, 0.2) is 13.4 Å². The normalized spacial score (nSPS) is 10.2. The van der Waals surface area contributed by atoms with E-state index in [-0.39, 0.29) is 14.0 Å². The van der Waals surface area contributed by atoms with Crippen LogP contribution >= 0.6 is 59.4 Å². The lowest BCUT2D eigenvalue weighted by atomic mass is 10.1. The van der Waals surface area contributed by atoms with Gasteiger partial charge in [0.1, 0.15) is 0 Å². The zero-order chi connectivity index (χ0) is 12.6. The third kappa shape index (κ3) is 2.27. The Morgan fingerprint density at radius 2 is 1.31 bits per heavy atom. The van der Waals surface area contributed by atoms with Gasteiger partial charge in [0.25, 0.3) is 0 Å². The van der Waals surface area contributed by atoms with Crippen LogP contribution in [-0.2, 0) is 0 Å². The number of rotatable bonds is 2. The number of aromatic carboxylic acids is 2. The molecule has 86 valence electrons. The molecule has 2 N–H and O–H groups in total. The lowest BCUT2D eigenvalue weighted by molar-refractivity contribution is 0.0650. The summed E-state index contributed by atoms with van der Waals surface area (Å²) in [6, 6.07) is 0. The van der Waals surface area contributed by atoms with Gasteiger partial charge in [-0.1, -0.05) is 11.6 Å². The van der Waals surface area contributed by atoms with Crippen molar-refractivity contribution in [3.8, 4) is 0 Å². The zero-order valence-electron chi connectivity index (χ0n) is 7.22. The molecule has 0 saturated heterocycles. The Kier molecular flexibility index (Phi) is 4.39. The van der Waals surface area contributed by atoms with Crippen molar-refractivity contribution in [3.05, 3.63) is 29.6 Å². The van der Waals surface area contributed by atoms with E-state index in [1.807, 2.05) is 0 Å². The molecule has 0 bridgehead atoms. The number of carboxylic acids is 2. The number of carboxylic acid groups (broad SMARTS) is 2. The summed E-state index contributed by atoms with van der Waals surface area (Å²) in [4.78, 5) is 21.9. The Morgan fingerprint density at radius 3 is 1.69 bits per heavy atom. The van der Waals surface area contributed by atoms with E-state index in [1.54, 1.807) is 0 Å². The second kappa shape index (κ2) is 5.03. The lowest BCUT2D eigenvalue weighted by Gasteiger charge is -2.11. The van der Waals surface area contributed by atoms with Gasteiger partial charge in [0.2, 0.25) is 0 Å². The number of carbonyl (C=O) groups is 2. The third-order valence-electron chi connectivity index (χ3n) is 1.69. The van der Waals surface area contributed by atoms with E-state index in [1.165, 1.54) is 0 Å². The first kappa shape index (κ1) is 14.0. The summed E-state index contributed by atoms with van der Waals surface area (Å²) in [6.07, 6.45) is 0. The van der Waals surface area contributed by atoms with Gasteiger partial charge in [-0.3, -0.25) is 0 Å². The Balaban J connectivity index is 3.83. The summed E-state index contributed by atoms with van der Waals surface area (Å²) in [7, 11) is 0. The molecule has 0 atom stereocenters. The van der Waals surface area contributed by atoms with Crippen LogP contribution in [0.5, 0.6) is 0 Å². The minimum absolute atomic E-state index is 0.119. The molecule has 4 nitrogen and oxygen atoms in total. The summed E-state index contributed by atoms with van der Waals surface area (Å²) in [5.74, 6) is -2.78. The second-order valence-electron chi connectivity index (χ2n) is 2.62. The van der Waals surface area contributed by atoms with E-state index in [0.717, 1.165) is 0 Å². The molecule has 0 heterocycles. The predicted molar refractivity (Wildman–Crippen MR) is 68.5 cm³/mol. The van der Waals surface area contributed by atoms with Gasteiger partial charge >= 0.3 is 11.9 Å². The van der Waals surface area contributed by atoms with Crippen LogP contribution in [0.25, 0.3) is 0 Å². The average molecular weight is 437 g/mol. The summed E-state index contributed by atoms with van der Waals surface area (Å²) in [5, 5.41) is 17.7. The molecule has 0 saturated carbocycles. The van der Waals surface area contributed by atoms with Gasteiger partial charge in [0.05, 0.1) is 20.6 Å². The van der Waals surface area contributed by atoms with Gasteiger partial charge in [0.15, 0.2) is 0 Å². The predicted octanol–water partition coefficient (Wildman–Crippen LogP) is 4.02. The molecule has 0 amide bonds. The van der Waals surface area contributed by atoms with Gasteiger partial charge in [-0.25, -0.2) is 9.59 Å². The van der Waals surface area contributed by atoms with E-state index in [9.17, 15) is 9.59 Å². The highest BCUT2D eigenvalue weighted by Gasteiger charge is 2.27. The van der Waals surface area contributed by atoms with Crippen LogP contribution in [0.1, 0.15) is 20.7 Å². The lowest BCUT2D eigenvalue weighted by Crippen LogP contribution is -2.11. The van der Waals surface area contributed by atoms with Gasteiger partial charge in [-0.15, -0.1) is 0 Å². The standard InChI is InChI=1S/C8H2Br3ClO4/c9-3-1(7(13)14)2(8(15)16)6(12)5(11)4(3)10/h(H,13,14)(H,15,16). The van der Waals surface area contributed by atoms with E-state index in [2.05, 4.69) is 47.8 Å². The molecular weight excluding hydrogens is 435 g/mol. The van der Waals surface area contributed by atoms with Crippen molar-refractivity contribution in [3.63, 3.8) is 0 Å². The van der Waals surface area contributed by atoms with Crippen LogP contribution in [0.3, 0.4) is 0 Å². The first-order valence-electron chi connectivity index (χ1n) is 3.61. The van der Waals surface area contributed by atoms with E-state index < -0.39 is 23.1 Å². The second-order valence-corrected chi connectivity index (χ2v) is 5.37. The average Bonchev–Trinajstić information content (AvgIpc) is 2.18. The molecule has 1 rings (SSSR count). The number of halogens is 4. The van der Waals surface area contributed by atoms with Crippen molar-refractivity contribution in [2.75, 3.05) is 0 Å². The molecule has 0 aromatic heterocycles. The van der Waals surface area contributed by atoms with Crippen LogP contribution in [0, 0.1) is 0 Å². The summed E-state index contributed by atoms with van der Waals surface area (Å²) in [6.45, 7) is 0. The van der Waals surface area contributed by atoms with Crippen LogP contribution < -0.4 is 0 Å². The van der Waals surface area contributed by atoms with Crippen molar-refractivity contribution in [2.24, 2.45) is 0 Å². The molecule has 1 aromatic carbocycles. The molecule has 0 fully saturated rings. The van der Waals surface area contributed by atoms with Gasteiger partial charge in [0, 0.05) is 8.95 Å². The molecule has 0 aliphatic heterocycles. The Hall–Kier alpha value is -0.110.